The molecule has 0 aliphatic rings. The van der Waals surface area contributed by atoms with Gasteiger partial charge in [0.15, 0.2) is 11.7 Å². The Labute approximate surface area is 188 Å². The van der Waals surface area contributed by atoms with Crippen molar-refractivity contribution in [2.45, 2.75) is 25.7 Å². The summed E-state index contributed by atoms with van der Waals surface area (Å²) in [5.41, 5.74) is -0.345. The number of rotatable bonds is 9. The second-order valence-electron chi connectivity index (χ2n) is 6.20. The Morgan fingerprint density at radius 2 is 1.97 bits per heavy atom. The van der Waals surface area contributed by atoms with Crippen molar-refractivity contribution >= 4 is 51.0 Å². The fraction of sp³-hybridized carbons (Fsp3) is 0.333. The standard InChI is InChI=1S/C18H17F4N3O5S2/c1-3-12-7-13(15(26)29-2)14(32-12)24-17(31)23-9-4-10(25(27)28)6-11(5-9)30-8-18(21,22)16(19)20/h4-7,16H,3,8H2,1-2H3,(H2,23,24,31). The number of thiocarbonyl (C=S) groups is 1. The van der Waals surface area contributed by atoms with Crippen LogP contribution in [0.1, 0.15) is 22.2 Å². The normalized spacial score (nSPS) is 11.2. The summed E-state index contributed by atoms with van der Waals surface area (Å²) in [6, 6.07) is 4.56. The number of nitrogens with zero attached hydrogens (tertiary/aromatic N) is 1. The Morgan fingerprint density at radius 3 is 2.53 bits per heavy atom. The number of nitro benzene ring substituents is 1. The van der Waals surface area contributed by atoms with Gasteiger partial charge in [0.25, 0.3) is 5.69 Å². The summed E-state index contributed by atoms with van der Waals surface area (Å²) >= 11 is 6.40. The van der Waals surface area contributed by atoms with Crippen molar-refractivity contribution in [3.8, 4) is 5.75 Å². The number of nitro groups is 1. The van der Waals surface area contributed by atoms with Crippen LogP contribution in [0.3, 0.4) is 0 Å². The van der Waals surface area contributed by atoms with Crippen molar-refractivity contribution in [3.05, 3.63) is 44.8 Å². The molecular formula is C18H17F4N3O5S2. The lowest BCUT2D eigenvalue weighted by molar-refractivity contribution is -0.384. The molecule has 2 aromatic rings. The summed E-state index contributed by atoms with van der Waals surface area (Å²) in [7, 11) is 1.22. The zero-order chi connectivity index (χ0) is 24.1. The number of aryl methyl sites for hydroxylation is 1. The second-order valence-corrected chi connectivity index (χ2v) is 7.75. The molecule has 1 heterocycles. The van der Waals surface area contributed by atoms with Gasteiger partial charge in [-0.15, -0.1) is 11.3 Å². The third-order valence-corrected chi connectivity index (χ3v) is 5.27. The average Bonchev–Trinajstić information content (AvgIpc) is 3.14. The number of esters is 1. The van der Waals surface area contributed by atoms with Crippen molar-refractivity contribution in [2.75, 3.05) is 24.4 Å². The smallest absolute Gasteiger partial charge is 0.340 e. The Kier molecular flexibility index (Phi) is 8.32. The van der Waals surface area contributed by atoms with Crippen LogP contribution in [0.2, 0.25) is 0 Å². The molecule has 0 radical (unpaired) electrons. The highest BCUT2D eigenvalue weighted by Gasteiger charge is 2.41. The molecule has 1 aromatic carbocycles. The summed E-state index contributed by atoms with van der Waals surface area (Å²) in [4.78, 5) is 23.1. The number of nitrogens with one attached hydrogen (secondary N) is 2. The highest BCUT2D eigenvalue weighted by Crippen LogP contribution is 2.31. The third kappa shape index (κ3) is 6.50. The molecule has 8 nitrogen and oxygen atoms in total. The van der Waals surface area contributed by atoms with Crippen LogP contribution >= 0.6 is 23.6 Å². The molecule has 0 bridgehead atoms. The van der Waals surface area contributed by atoms with Crippen LogP contribution in [0.25, 0.3) is 0 Å². The van der Waals surface area contributed by atoms with Crippen LogP contribution in [0.4, 0.5) is 33.9 Å². The first-order chi connectivity index (χ1) is 15.0. The Bertz CT molecular complexity index is 1020. The molecule has 0 amide bonds. The van der Waals surface area contributed by atoms with Crippen molar-refractivity contribution < 1.29 is 36.8 Å². The lowest BCUT2D eigenvalue weighted by Gasteiger charge is -2.16. The number of non-ortho nitro benzene ring substituents is 1. The van der Waals surface area contributed by atoms with E-state index in [1.165, 1.54) is 18.4 Å². The van der Waals surface area contributed by atoms with Gasteiger partial charge in [-0.1, -0.05) is 6.92 Å². The number of halogens is 4. The van der Waals surface area contributed by atoms with Gasteiger partial charge in [0.1, 0.15) is 10.8 Å². The number of carbonyl (C=O) groups is 1. The molecule has 0 aliphatic heterocycles. The first-order valence-corrected chi connectivity index (χ1v) is 10.1. The SMILES string of the molecule is CCc1cc(C(=O)OC)c(NC(=S)Nc2cc(OCC(F)(F)C(F)F)cc([N+](=O)[O-])c2)s1. The van der Waals surface area contributed by atoms with Crippen LogP contribution in [-0.4, -0.2) is 42.1 Å². The number of benzene rings is 1. The van der Waals surface area contributed by atoms with Crippen LogP contribution in [0, 0.1) is 10.1 Å². The van der Waals surface area contributed by atoms with Gasteiger partial charge < -0.3 is 20.1 Å². The van der Waals surface area contributed by atoms with Crippen molar-refractivity contribution in [1.29, 1.82) is 0 Å². The molecule has 0 fully saturated rings. The third-order valence-electron chi connectivity index (χ3n) is 3.87. The summed E-state index contributed by atoms with van der Waals surface area (Å²) in [6.45, 7) is 0.209. The van der Waals surface area contributed by atoms with Gasteiger partial charge in [-0.3, -0.25) is 10.1 Å². The number of carbonyl (C=O) groups excluding carboxylic acids is 1. The van der Waals surface area contributed by atoms with E-state index < -0.39 is 41.3 Å². The van der Waals surface area contributed by atoms with Crippen LogP contribution in [0.5, 0.6) is 5.75 Å². The molecule has 1 aromatic heterocycles. The first kappa shape index (κ1) is 25.3. The number of alkyl halides is 4. The highest BCUT2D eigenvalue weighted by atomic mass is 32.1. The minimum atomic E-state index is -4.44. The largest absolute Gasteiger partial charge is 0.487 e. The predicted molar refractivity (Wildman–Crippen MR) is 114 cm³/mol. The highest BCUT2D eigenvalue weighted by molar-refractivity contribution is 7.80. The summed E-state index contributed by atoms with van der Waals surface area (Å²) in [6.07, 6.45) is -3.32. The zero-order valence-corrected chi connectivity index (χ0v) is 18.3. The van der Waals surface area contributed by atoms with Crippen molar-refractivity contribution in [3.63, 3.8) is 0 Å². The fourth-order valence-electron chi connectivity index (χ4n) is 2.32. The van der Waals surface area contributed by atoms with E-state index in [2.05, 4.69) is 15.4 Å². The van der Waals surface area contributed by atoms with Gasteiger partial charge in [-0.05, 0) is 24.7 Å². The molecule has 0 unspecified atom stereocenters. The van der Waals surface area contributed by atoms with E-state index in [9.17, 15) is 32.5 Å². The molecule has 0 aliphatic carbocycles. The monoisotopic (exact) mass is 495 g/mol. The van der Waals surface area contributed by atoms with E-state index in [1.54, 1.807) is 6.07 Å². The minimum Gasteiger partial charge on any atom is -0.487 e. The predicted octanol–water partition coefficient (Wildman–Crippen LogP) is 5.09. The first-order valence-electron chi connectivity index (χ1n) is 8.84. The molecule has 0 atom stereocenters. The van der Waals surface area contributed by atoms with Gasteiger partial charge in [0.05, 0.1) is 29.4 Å². The number of anilines is 2. The van der Waals surface area contributed by atoms with Crippen LogP contribution in [-0.2, 0) is 11.2 Å². The summed E-state index contributed by atoms with van der Waals surface area (Å²) < 4.78 is 60.2. The second kappa shape index (κ2) is 10.5. The van der Waals surface area contributed by atoms with Crippen molar-refractivity contribution in [2.24, 2.45) is 0 Å². The number of hydrogen-bond acceptors (Lipinski definition) is 7. The van der Waals surface area contributed by atoms with E-state index in [0.717, 1.165) is 23.1 Å². The molecule has 2 rings (SSSR count). The van der Waals surface area contributed by atoms with Gasteiger partial charge in [0, 0.05) is 17.0 Å². The van der Waals surface area contributed by atoms with E-state index in [0.29, 0.717) is 11.4 Å². The Morgan fingerprint density at radius 1 is 1.28 bits per heavy atom. The topological polar surface area (TPSA) is 103 Å². The minimum absolute atomic E-state index is 0.0287. The van der Waals surface area contributed by atoms with E-state index >= 15 is 0 Å². The van der Waals surface area contributed by atoms with Gasteiger partial charge in [-0.25, -0.2) is 13.6 Å². The number of methoxy groups -OCH3 is 1. The molecule has 0 saturated heterocycles. The lowest BCUT2D eigenvalue weighted by atomic mass is 10.2. The molecule has 0 saturated carbocycles. The fourth-order valence-corrected chi connectivity index (χ4v) is 3.60. The van der Waals surface area contributed by atoms with Gasteiger partial charge in [-0.2, -0.15) is 8.78 Å². The zero-order valence-electron chi connectivity index (χ0n) is 16.6. The van der Waals surface area contributed by atoms with E-state index in [-0.39, 0.29) is 16.4 Å². The summed E-state index contributed by atoms with van der Waals surface area (Å²) in [5, 5.41) is 16.8. The quantitative estimate of drug-likeness (QED) is 0.163. The number of thiophene rings is 1. The van der Waals surface area contributed by atoms with Crippen LogP contribution < -0.4 is 15.4 Å². The average molecular weight is 495 g/mol. The Balaban J connectivity index is 2.22. The molecular weight excluding hydrogens is 478 g/mol. The number of hydrogen-bond donors (Lipinski definition) is 2. The maximum Gasteiger partial charge on any atom is 0.340 e. The molecule has 2 N–H and O–H groups in total. The number of ether oxygens (including phenoxy) is 2. The molecule has 32 heavy (non-hydrogen) atoms. The van der Waals surface area contributed by atoms with E-state index in [1.807, 2.05) is 6.92 Å². The molecule has 174 valence electrons. The Hall–Kier alpha value is -3.00. The maximum absolute atomic E-state index is 13.1. The maximum atomic E-state index is 13.1. The van der Waals surface area contributed by atoms with Crippen molar-refractivity contribution in [1.82, 2.24) is 0 Å². The van der Waals surface area contributed by atoms with Gasteiger partial charge >= 0.3 is 18.3 Å². The van der Waals surface area contributed by atoms with Crippen LogP contribution in [0.15, 0.2) is 24.3 Å². The summed E-state index contributed by atoms with van der Waals surface area (Å²) in [5.74, 6) is -5.48. The van der Waals surface area contributed by atoms with E-state index in [4.69, 9.17) is 17.0 Å². The molecule has 14 heteroatoms. The molecule has 0 spiro atoms. The lowest BCUT2D eigenvalue weighted by Crippen LogP contribution is -2.33. The van der Waals surface area contributed by atoms with Gasteiger partial charge in [0.2, 0.25) is 0 Å².